The van der Waals surface area contributed by atoms with Crippen LogP contribution in [0.15, 0.2) is 54.3 Å². The Morgan fingerprint density at radius 2 is 1.04 bits per heavy atom. The number of aliphatic hydroxyl groups is 2. The van der Waals surface area contributed by atoms with Gasteiger partial charge in [-0.1, -0.05) is 26.0 Å². The van der Waals surface area contributed by atoms with Crippen LogP contribution in [0.25, 0.3) is 0 Å². The van der Waals surface area contributed by atoms with Crippen molar-refractivity contribution in [2.75, 3.05) is 13.2 Å². The van der Waals surface area contributed by atoms with Crippen molar-refractivity contribution >= 4 is 63.7 Å². The summed E-state index contributed by atoms with van der Waals surface area (Å²) in [5.74, 6) is 1.21. The van der Waals surface area contributed by atoms with Gasteiger partial charge in [-0.05, 0) is 88.0 Å². The van der Waals surface area contributed by atoms with Crippen molar-refractivity contribution in [2.24, 2.45) is 5.41 Å². The molecular weight excluding hydrogens is 612 g/mol. The summed E-state index contributed by atoms with van der Waals surface area (Å²) in [5, 5.41) is 21.2. The average Bonchev–Trinajstić information content (AvgIpc) is 2.60. The second-order valence-electron chi connectivity index (χ2n) is 6.58. The van der Waals surface area contributed by atoms with Crippen LogP contribution in [-0.4, -0.2) is 35.6 Å². The van der Waals surface area contributed by atoms with Crippen LogP contribution >= 0.6 is 63.7 Å². The van der Waals surface area contributed by atoms with Crippen LogP contribution in [0, 0.1) is 5.41 Å². The molecule has 0 fully saturated rings. The molecule has 4 nitrogen and oxygen atoms in total. The minimum absolute atomic E-state index is 0.0317. The predicted molar refractivity (Wildman–Crippen MR) is 120 cm³/mol. The van der Waals surface area contributed by atoms with Crippen molar-refractivity contribution in [1.29, 1.82) is 0 Å². The SMILES string of the molecule is CC(C)(C(O)COc1c(Br)cccc1Br)C(O)COc1c(Br)cccc1Br. The molecule has 0 radical (unpaired) electrons. The molecule has 2 rings (SSSR count). The zero-order valence-corrected chi connectivity index (χ0v) is 21.1. The minimum Gasteiger partial charge on any atom is -0.488 e. The lowest BCUT2D eigenvalue weighted by Crippen LogP contribution is -2.46. The number of halogens is 4. The molecule has 8 heteroatoms. The van der Waals surface area contributed by atoms with E-state index in [0.29, 0.717) is 11.5 Å². The largest absolute Gasteiger partial charge is 0.488 e. The number of rotatable bonds is 8. The first kappa shape index (κ1) is 23.2. The van der Waals surface area contributed by atoms with E-state index in [1.165, 1.54) is 0 Å². The first-order chi connectivity index (χ1) is 12.6. The van der Waals surface area contributed by atoms with Gasteiger partial charge in [0.25, 0.3) is 0 Å². The maximum Gasteiger partial charge on any atom is 0.147 e. The Balaban J connectivity index is 1.99. The lowest BCUT2D eigenvalue weighted by molar-refractivity contribution is -0.0787. The molecule has 0 saturated carbocycles. The van der Waals surface area contributed by atoms with Crippen molar-refractivity contribution in [1.82, 2.24) is 0 Å². The van der Waals surface area contributed by atoms with Crippen molar-refractivity contribution in [3.63, 3.8) is 0 Å². The molecule has 27 heavy (non-hydrogen) atoms. The van der Waals surface area contributed by atoms with Crippen LogP contribution in [0.1, 0.15) is 13.8 Å². The Morgan fingerprint density at radius 3 is 1.33 bits per heavy atom. The normalized spacial score (nSPS) is 13.9. The summed E-state index contributed by atoms with van der Waals surface area (Å²) >= 11 is 13.7. The van der Waals surface area contributed by atoms with Gasteiger partial charge in [0, 0.05) is 5.41 Å². The Kier molecular flexibility index (Phi) is 8.64. The minimum atomic E-state index is -0.905. The summed E-state index contributed by atoms with van der Waals surface area (Å²) in [6.07, 6.45) is -1.81. The number of para-hydroxylation sites is 2. The van der Waals surface area contributed by atoms with Crippen molar-refractivity contribution in [3.8, 4) is 11.5 Å². The van der Waals surface area contributed by atoms with Crippen LogP contribution in [0.4, 0.5) is 0 Å². The maximum atomic E-state index is 10.6. The van der Waals surface area contributed by atoms with Gasteiger partial charge in [-0.15, -0.1) is 0 Å². The lowest BCUT2D eigenvalue weighted by atomic mass is 9.81. The monoisotopic (exact) mass is 628 g/mol. The third kappa shape index (κ3) is 5.93. The maximum absolute atomic E-state index is 10.6. The molecule has 0 aliphatic heterocycles. The number of hydrogen-bond acceptors (Lipinski definition) is 4. The van der Waals surface area contributed by atoms with Gasteiger partial charge in [0.1, 0.15) is 24.7 Å². The van der Waals surface area contributed by atoms with Crippen LogP contribution < -0.4 is 9.47 Å². The molecule has 2 aromatic carbocycles. The van der Waals surface area contributed by atoms with E-state index in [2.05, 4.69) is 63.7 Å². The highest BCUT2D eigenvalue weighted by Gasteiger charge is 2.37. The van der Waals surface area contributed by atoms with Gasteiger partial charge in [0.05, 0.1) is 30.1 Å². The fourth-order valence-electron chi connectivity index (χ4n) is 2.22. The standard InChI is InChI=1S/C19H20Br4O4/c1-19(2,15(24)9-26-17-11(20)5-3-6-12(17)21)16(25)10-27-18-13(22)7-4-8-14(18)23/h3-8,15-16,24-25H,9-10H2,1-2H3. The summed E-state index contributed by atoms with van der Waals surface area (Å²) in [6.45, 7) is 3.62. The Bertz CT molecular complexity index is 678. The second kappa shape index (κ2) is 10.1. The third-order valence-electron chi connectivity index (χ3n) is 4.33. The van der Waals surface area contributed by atoms with E-state index in [0.717, 1.165) is 17.9 Å². The lowest BCUT2D eigenvalue weighted by Gasteiger charge is -2.35. The Morgan fingerprint density at radius 1 is 0.741 bits per heavy atom. The molecule has 0 heterocycles. The zero-order valence-electron chi connectivity index (χ0n) is 14.8. The molecule has 0 bridgehead atoms. The summed E-state index contributed by atoms with van der Waals surface area (Å²) in [4.78, 5) is 0. The molecule has 0 saturated heterocycles. The number of ether oxygens (including phenoxy) is 2. The molecule has 2 aromatic rings. The quantitative estimate of drug-likeness (QED) is 0.379. The Hall–Kier alpha value is -0.120. The molecule has 0 aliphatic rings. The topological polar surface area (TPSA) is 58.9 Å². The van der Waals surface area contributed by atoms with Crippen molar-refractivity contribution in [2.45, 2.75) is 26.1 Å². The number of benzene rings is 2. The van der Waals surface area contributed by atoms with Crippen LogP contribution in [0.3, 0.4) is 0 Å². The van der Waals surface area contributed by atoms with Gasteiger partial charge < -0.3 is 19.7 Å². The summed E-state index contributed by atoms with van der Waals surface area (Å²) in [6, 6.07) is 11.2. The molecule has 0 aliphatic carbocycles. The van der Waals surface area contributed by atoms with E-state index in [-0.39, 0.29) is 13.2 Å². The number of hydrogen-bond donors (Lipinski definition) is 2. The summed E-state index contributed by atoms with van der Waals surface area (Å²) < 4.78 is 14.6. The van der Waals surface area contributed by atoms with Gasteiger partial charge in [0.15, 0.2) is 0 Å². The van der Waals surface area contributed by atoms with Gasteiger partial charge in [-0.25, -0.2) is 0 Å². The van der Waals surface area contributed by atoms with E-state index in [1.807, 2.05) is 36.4 Å². The molecule has 2 N–H and O–H groups in total. The molecule has 0 aromatic heterocycles. The van der Waals surface area contributed by atoms with Gasteiger partial charge in [-0.2, -0.15) is 0 Å². The van der Waals surface area contributed by atoms with Crippen LogP contribution in [0.5, 0.6) is 11.5 Å². The van der Waals surface area contributed by atoms with Crippen molar-refractivity contribution in [3.05, 3.63) is 54.3 Å². The predicted octanol–water partition coefficient (Wildman–Crippen LogP) is 5.94. The molecule has 0 amide bonds. The second-order valence-corrected chi connectivity index (χ2v) is 9.99. The van der Waals surface area contributed by atoms with Crippen molar-refractivity contribution < 1.29 is 19.7 Å². The first-order valence-electron chi connectivity index (χ1n) is 8.14. The fourth-order valence-corrected chi connectivity index (χ4v) is 4.67. The molecular formula is C19H20Br4O4. The van der Waals surface area contributed by atoms with E-state index in [9.17, 15) is 10.2 Å². The third-order valence-corrected chi connectivity index (χ3v) is 6.82. The van der Waals surface area contributed by atoms with E-state index < -0.39 is 17.6 Å². The van der Waals surface area contributed by atoms with E-state index in [4.69, 9.17) is 9.47 Å². The van der Waals surface area contributed by atoms with Gasteiger partial charge >= 0.3 is 0 Å². The highest BCUT2D eigenvalue weighted by atomic mass is 79.9. The Labute approximate surface area is 192 Å². The first-order valence-corrected chi connectivity index (χ1v) is 11.3. The molecule has 2 unspecified atom stereocenters. The van der Waals surface area contributed by atoms with Gasteiger partial charge in [0.2, 0.25) is 0 Å². The van der Waals surface area contributed by atoms with E-state index >= 15 is 0 Å². The molecule has 0 spiro atoms. The number of aliphatic hydroxyl groups excluding tert-OH is 2. The zero-order chi connectivity index (χ0) is 20.2. The summed E-state index contributed by atoms with van der Waals surface area (Å²) in [7, 11) is 0. The summed E-state index contributed by atoms with van der Waals surface area (Å²) in [5.41, 5.74) is -0.846. The molecule has 2 atom stereocenters. The van der Waals surface area contributed by atoms with Gasteiger partial charge in [-0.3, -0.25) is 0 Å². The van der Waals surface area contributed by atoms with E-state index in [1.54, 1.807) is 13.8 Å². The highest BCUT2D eigenvalue weighted by molar-refractivity contribution is 9.11. The van der Waals surface area contributed by atoms with Crippen LogP contribution in [-0.2, 0) is 0 Å². The fraction of sp³-hybridized carbons (Fsp3) is 0.368. The smallest absolute Gasteiger partial charge is 0.147 e. The average molecular weight is 632 g/mol. The molecule has 148 valence electrons. The van der Waals surface area contributed by atoms with Crippen LogP contribution in [0.2, 0.25) is 0 Å². The highest BCUT2D eigenvalue weighted by Crippen LogP contribution is 2.36.